The molecule has 4 amide bonds. The highest BCUT2D eigenvalue weighted by molar-refractivity contribution is 8.46. The van der Waals surface area contributed by atoms with Gasteiger partial charge < -0.3 is 25.8 Å². The first-order chi connectivity index (χ1) is 19.9. The maximum Gasteiger partial charge on any atom is 0.257 e. The summed E-state index contributed by atoms with van der Waals surface area (Å²) in [6.07, 6.45) is 18.9. The van der Waals surface area contributed by atoms with Gasteiger partial charge in [0.2, 0.25) is 23.6 Å². The molecule has 0 saturated heterocycles. The average Bonchev–Trinajstić information content (AvgIpc) is 2.97. The van der Waals surface area contributed by atoms with E-state index in [1.165, 1.54) is 0 Å². The van der Waals surface area contributed by atoms with Crippen LogP contribution in [0.4, 0.5) is 0 Å². The van der Waals surface area contributed by atoms with E-state index in [4.69, 9.17) is 23.8 Å². The van der Waals surface area contributed by atoms with Gasteiger partial charge in [-0.05, 0) is 51.4 Å². The van der Waals surface area contributed by atoms with Crippen molar-refractivity contribution < 1.29 is 28.3 Å². The Morgan fingerprint density at radius 1 is 0.857 bits per heavy atom. The first-order valence-corrected chi connectivity index (χ1v) is 17.2. The molecule has 0 aromatic carbocycles. The topological polar surface area (TPSA) is 143 Å². The number of hydrogen-bond acceptors (Lipinski definition) is 6. The van der Waals surface area contributed by atoms with E-state index in [1.54, 1.807) is 0 Å². The van der Waals surface area contributed by atoms with Gasteiger partial charge in [0.05, 0.1) is 25.7 Å². The number of nitrogens with one attached hydrogen (secondary N) is 4. The summed E-state index contributed by atoms with van der Waals surface area (Å²) in [4.78, 5) is 51.0. The Morgan fingerprint density at radius 2 is 1.26 bits per heavy atom. The minimum Gasteiger partial charge on any atom is -0.350 e. The van der Waals surface area contributed by atoms with Crippen LogP contribution < -0.4 is 21.3 Å². The number of carbonyl (C=O) groups excluding carboxylic acids is 4. The summed E-state index contributed by atoms with van der Waals surface area (Å²) in [5.41, 5.74) is -1.22. The Kier molecular flexibility index (Phi) is 17.1. The maximum absolute atomic E-state index is 13.6. The summed E-state index contributed by atoms with van der Waals surface area (Å²) < 4.78 is 18.7. The number of hydrogen-bond donors (Lipinski definition) is 5. The van der Waals surface area contributed by atoms with Crippen molar-refractivity contribution >= 4 is 42.4 Å². The van der Waals surface area contributed by atoms with Crippen LogP contribution in [-0.4, -0.2) is 60.6 Å². The van der Waals surface area contributed by atoms with Crippen molar-refractivity contribution in [3.05, 3.63) is 0 Å². The summed E-state index contributed by atoms with van der Waals surface area (Å²) in [5.74, 6) is 5.52. The summed E-state index contributed by atoms with van der Waals surface area (Å²) >= 11 is 4.30. The lowest BCUT2D eigenvalue weighted by atomic mass is 9.81. The number of rotatable bonds is 18. The summed E-state index contributed by atoms with van der Waals surface area (Å²) in [6, 6.07) is 0. The molecular weight excluding hydrogens is 575 g/mol. The van der Waals surface area contributed by atoms with Gasteiger partial charge in [-0.15, -0.1) is 19.3 Å². The lowest BCUT2D eigenvalue weighted by molar-refractivity contribution is -0.131. The molecule has 0 aromatic heterocycles. The van der Waals surface area contributed by atoms with Crippen LogP contribution >= 0.6 is 18.8 Å². The van der Waals surface area contributed by atoms with Crippen molar-refractivity contribution in [1.29, 1.82) is 0 Å². The van der Waals surface area contributed by atoms with Gasteiger partial charge in [-0.2, -0.15) is 0 Å². The molecule has 12 heteroatoms. The molecule has 0 aliphatic heterocycles. The van der Waals surface area contributed by atoms with Crippen LogP contribution in [0.5, 0.6) is 0 Å². The van der Waals surface area contributed by atoms with Gasteiger partial charge >= 0.3 is 0 Å². The first-order valence-electron chi connectivity index (χ1n) is 14.3. The second-order valence-electron chi connectivity index (χ2n) is 10.6. The second kappa shape index (κ2) is 19.3. The molecule has 0 spiro atoms. The van der Waals surface area contributed by atoms with Gasteiger partial charge in [0.1, 0.15) is 0 Å². The summed E-state index contributed by atoms with van der Waals surface area (Å²) in [6.45, 7) is 0.886. The highest BCUT2D eigenvalue weighted by atomic mass is 32.7. The summed E-state index contributed by atoms with van der Waals surface area (Å²) in [5, 5.41) is 10.9. The Hall–Kier alpha value is -2.90. The van der Waals surface area contributed by atoms with Gasteiger partial charge in [0.25, 0.3) is 6.57 Å². The van der Waals surface area contributed by atoms with E-state index in [9.17, 15) is 23.7 Å². The van der Waals surface area contributed by atoms with Gasteiger partial charge in [-0.25, -0.2) is 0 Å². The molecule has 1 saturated carbocycles. The fourth-order valence-electron chi connectivity index (χ4n) is 4.68. The molecule has 0 radical (unpaired) electrons. The lowest BCUT2D eigenvalue weighted by Gasteiger charge is -2.38. The van der Waals surface area contributed by atoms with Crippen LogP contribution in [0.1, 0.15) is 84.5 Å². The molecule has 0 bridgehead atoms. The molecule has 0 aromatic rings. The standard InChI is InChI=1S/C30H45N4O6PS/c1-6-20-31-26(35)14-17-30(18-15-27(36)32-21-7-2,19-16-28(37)33-22-8-3)34-29(38)24-10-12-25(13-11-24)40-41(39,42)23(5)9-4/h1-3,23-25H,9-22H2,4-5H3,(H,31,35)(H,32,36)(H,33,37)(H,34,38)(H,39,42)/t23?,24-,25-,41?. The van der Waals surface area contributed by atoms with Gasteiger partial charge in [0.15, 0.2) is 0 Å². The largest absolute Gasteiger partial charge is 0.350 e. The Labute approximate surface area is 256 Å². The monoisotopic (exact) mass is 620 g/mol. The van der Waals surface area contributed by atoms with Crippen LogP contribution in [0.25, 0.3) is 0 Å². The molecular formula is C30H45N4O6PS. The normalized spacial score (nSPS) is 18.6. The first kappa shape index (κ1) is 37.1. The molecule has 4 N–H and O–H groups in total. The van der Waals surface area contributed by atoms with Crippen molar-refractivity contribution in [2.24, 2.45) is 5.92 Å². The third-order valence-electron chi connectivity index (χ3n) is 7.54. The predicted octanol–water partition coefficient (Wildman–Crippen LogP) is 2.93. The SMILES string of the molecule is C#CCNC(=O)CCC(CCC(=O)NCC#C)(CCC(=O)NCC#C)NC(=O)[C@H]1CC[C@H](OP(=O)(S)C(C)CC)CC1. The molecule has 2 atom stereocenters. The zero-order chi connectivity index (χ0) is 31.6. The Bertz CT molecular complexity index is 1020. The minimum atomic E-state index is -3.07. The van der Waals surface area contributed by atoms with Crippen molar-refractivity contribution in [2.45, 2.75) is 102 Å². The Morgan fingerprint density at radius 3 is 1.62 bits per heavy atom. The van der Waals surface area contributed by atoms with E-state index >= 15 is 0 Å². The van der Waals surface area contributed by atoms with E-state index in [0.717, 1.165) is 0 Å². The molecule has 1 rings (SSSR count). The van der Waals surface area contributed by atoms with Crippen LogP contribution in [0, 0.1) is 42.9 Å². The number of terminal acetylenes is 3. The van der Waals surface area contributed by atoms with Crippen LogP contribution in [0.15, 0.2) is 0 Å². The number of thiol groups is 1. The fourth-order valence-corrected chi connectivity index (χ4v) is 6.87. The third-order valence-corrected chi connectivity index (χ3v) is 11.1. The van der Waals surface area contributed by atoms with Gasteiger partial charge in [0, 0.05) is 36.4 Å². The molecule has 0 heterocycles. The van der Waals surface area contributed by atoms with Gasteiger partial charge in [-0.1, -0.05) is 43.9 Å². The highest BCUT2D eigenvalue weighted by Crippen LogP contribution is 2.59. The van der Waals surface area contributed by atoms with E-state index in [-0.39, 0.29) is 99.5 Å². The van der Waals surface area contributed by atoms with E-state index < -0.39 is 12.1 Å². The quantitative estimate of drug-likeness (QED) is 0.0907. The van der Waals surface area contributed by atoms with Gasteiger partial charge in [-0.3, -0.25) is 23.7 Å². The Balaban J connectivity index is 3.09. The average molecular weight is 621 g/mol. The zero-order valence-corrected chi connectivity index (χ0v) is 26.5. The molecule has 42 heavy (non-hydrogen) atoms. The minimum absolute atomic E-state index is 0.0212. The fraction of sp³-hybridized carbons (Fsp3) is 0.667. The second-order valence-corrected chi connectivity index (χ2v) is 14.5. The number of amides is 4. The highest BCUT2D eigenvalue weighted by Gasteiger charge is 2.38. The van der Waals surface area contributed by atoms with Crippen LogP contribution in [-0.2, 0) is 28.3 Å². The van der Waals surface area contributed by atoms with Crippen molar-refractivity contribution in [3.8, 4) is 37.0 Å². The van der Waals surface area contributed by atoms with E-state index in [1.807, 2.05) is 13.8 Å². The lowest BCUT2D eigenvalue weighted by Crippen LogP contribution is -2.52. The predicted molar refractivity (Wildman–Crippen MR) is 167 cm³/mol. The molecule has 1 aliphatic carbocycles. The molecule has 232 valence electrons. The molecule has 2 unspecified atom stereocenters. The van der Waals surface area contributed by atoms with Crippen LogP contribution in [0.3, 0.4) is 0 Å². The smallest absolute Gasteiger partial charge is 0.257 e. The zero-order valence-electron chi connectivity index (χ0n) is 24.7. The summed E-state index contributed by atoms with van der Waals surface area (Å²) in [7, 11) is 0. The van der Waals surface area contributed by atoms with E-state index in [2.05, 4.69) is 51.3 Å². The maximum atomic E-state index is 13.6. The molecule has 1 aliphatic rings. The number of carbonyl (C=O) groups is 4. The van der Waals surface area contributed by atoms with Crippen molar-refractivity contribution in [1.82, 2.24) is 21.3 Å². The van der Waals surface area contributed by atoms with Crippen LogP contribution in [0.2, 0.25) is 0 Å². The molecule has 10 nitrogen and oxygen atoms in total. The third kappa shape index (κ3) is 13.8. The van der Waals surface area contributed by atoms with E-state index in [0.29, 0.717) is 32.1 Å². The van der Waals surface area contributed by atoms with Crippen molar-refractivity contribution in [2.75, 3.05) is 19.6 Å². The van der Waals surface area contributed by atoms with Crippen molar-refractivity contribution in [3.63, 3.8) is 0 Å². The molecule has 1 fully saturated rings.